The van der Waals surface area contributed by atoms with Gasteiger partial charge in [-0.3, -0.25) is 14.7 Å². The molecule has 0 aliphatic carbocycles. The van der Waals surface area contributed by atoms with Crippen molar-refractivity contribution in [1.82, 2.24) is 15.2 Å². The highest BCUT2D eigenvalue weighted by molar-refractivity contribution is 5.76. The van der Waals surface area contributed by atoms with Gasteiger partial charge in [-0.1, -0.05) is 38.1 Å². The van der Waals surface area contributed by atoms with Gasteiger partial charge >= 0.3 is 0 Å². The van der Waals surface area contributed by atoms with Gasteiger partial charge in [0, 0.05) is 31.3 Å². The van der Waals surface area contributed by atoms with Crippen LogP contribution in [0, 0.1) is 11.8 Å². The number of rotatable bonds is 8. The first-order chi connectivity index (χ1) is 14.1. The van der Waals surface area contributed by atoms with E-state index in [2.05, 4.69) is 41.2 Å². The third-order valence-electron chi connectivity index (χ3n) is 5.52. The number of piperidine rings is 1. The summed E-state index contributed by atoms with van der Waals surface area (Å²) < 4.78 is 5.53. The Morgan fingerprint density at radius 1 is 1.24 bits per heavy atom. The first-order valence-corrected chi connectivity index (χ1v) is 10.6. The molecule has 1 aliphatic rings. The molecule has 3 rings (SSSR count). The summed E-state index contributed by atoms with van der Waals surface area (Å²) in [6, 6.07) is 14.1. The molecule has 2 heterocycles. The zero-order valence-corrected chi connectivity index (χ0v) is 17.8. The summed E-state index contributed by atoms with van der Waals surface area (Å²) in [5, 5.41) is 3.29. The van der Waals surface area contributed by atoms with Gasteiger partial charge in [-0.05, 0) is 49.4 Å². The fourth-order valence-electron chi connectivity index (χ4n) is 4.18. The molecule has 1 aliphatic heterocycles. The van der Waals surface area contributed by atoms with Crippen LogP contribution in [0.3, 0.4) is 0 Å². The molecular formula is C24H33N3O2. The first kappa shape index (κ1) is 21.3. The molecule has 1 amide bonds. The number of nitrogens with one attached hydrogen (secondary N) is 1. The largest absolute Gasteiger partial charge is 0.496 e. The Morgan fingerprint density at radius 3 is 2.76 bits per heavy atom. The number of para-hydroxylation sites is 1. The van der Waals surface area contributed by atoms with Crippen LogP contribution in [0.2, 0.25) is 0 Å². The number of likely N-dealkylation sites (tertiary alicyclic amines) is 1. The normalized spacial score (nSPS) is 18.4. The molecular weight excluding hydrogens is 362 g/mol. The van der Waals surface area contributed by atoms with Crippen LogP contribution in [0.4, 0.5) is 0 Å². The van der Waals surface area contributed by atoms with Gasteiger partial charge in [-0.25, -0.2) is 0 Å². The number of aromatic nitrogens is 1. The number of carbonyl (C=O) groups excluding carboxylic acids is 1. The molecule has 0 saturated carbocycles. The van der Waals surface area contributed by atoms with E-state index < -0.39 is 0 Å². The van der Waals surface area contributed by atoms with E-state index in [0.717, 1.165) is 43.9 Å². The average molecular weight is 396 g/mol. The molecule has 2 unspecified atom stereocenters. The van der Waals surface area contributed by atoms with Crippen molar-refractivity contribution in [1.29, 1.82) is 0 Å². The summed E-state index contributed by atoms with van der Waals surface area (Å²) in [6.07, 6.45) is 4.56. The lowest BCUT2D eigenvalue weighted by Crippen LogP contribution is -2.43. The van der Waals surface area contributed by atoms with Crippen LogP contribution in [-0.4, -0.2) is 36.0 Å². The van der Waals surface area contributed by atoms with E-state index in [0.29, 0.717) is 18.3 Å². The van der Waals surface area contributed by atoms with Crippen molar-refractivity contribution in [2.24, 2.45) is 11.8 Å². The van der Waals surface area contributed by atoms with Gasteiger partial charge < -0.3 is 10.1 Å². The quantitative estimate of drug-likeness (QED) is 0.728. The van der Waals surface area contributed by atoms with E-state index in [9.17, 15) is 4.79 Å². The Balaban J connectivity index is 1.74. The summed E-state index contributed by atoms with van der Waals surface area (Å²) in [7, 11) is 1.72. The molecule has 1 aromatic carbocycles. The van der Waals surface area contributed by atoms with Gasteiger partial charge in [0.25, 0.3) is 0 Å². The molecule has 0 bridgehead atoms. The molecule has 0 radical (unpaired) electrons. The van der Waals surface area contributed by atoms with Gasteiger partial charge in [0.1, 0.15) is 5.75 Å². The van der Waals surface area contributed by atoms with E-state index in [1.165, 1.54) is 5.56 Å². The predicted octanol–water partition coefficient (Wildman–Crippen LogP) is 4.21. The number of nitrogens with zero attached hydrogens (tertiary/aromatic N) is 2. The maximum atomic E-state index is 12.6. The molecule has 1 aromatic heterocycles. The van der Waals surface area contributed by atoms with Crippen molar-refractivity contribution in [2.45, 2.75) is 45.7 Å². The van der Waals surface area contributed by atoms with Crippen LogP contribution in [0.1, 0.15) is 50.4 Å². The SMILES string of the molecule is COc1ccccc1CN1CCCC(C(NC(=O)CC(C)C)c2ccccn2)C1. The maximum Gasteiger partial charge on any atom is 0.220 e. The third-order valence-corrected chi connectivity index (χ3v) is 5.52. The lowest BCUT2D eigenvalue weighted by molar-refractivity contribution is -0.123. The van der Waals surface area contributed by atoms with Crippen LogP contribution in [0.15, 0.2) is 48.7 Å². The van der Waals surface area contributed by atoms with Gasteiger partial charge in [0.05, 0.1) is 18.8 Å². The predicted molar refractivity (Wildman–Crippen MR) is 116 cm³/mol. The third kappa shape index (κ3) is 6.04. The fraction of sp³-hybridized carbons (Fsp3) is 0.500. The molecule has 0 spiro atoms. The van der Waals surface area contributed by atoms with E-state index in [4.69, 9.17) is 4.74 Å². The molecule has 29 heavy (non-hydrogen) atoms. The summed E-state index contributed by atoms with van der Waals surface area (Å²) in [4.78, 5) is 19.6. The van der Waals surface area contributed by atoms with E-state index in [1.807, 2.05) is 36.5 Å². The minimum absolute atomic E-state index is 0.0529. The van der Waals surface area contributed by atoms with Crippen molar-refractivity contribution in [2.75, 3.05) is 20.2 Å². The highest BCUT2D eigenvalue weighted by Crippen LogP contribution is 2.31. The average Bonchev–Trinajstić information content (AvgIpc) is 2.73. The van der Waals surface area contributed by atoms with Crippen molar-refractivity contribution in [3.63, 3.8) is 0 Å². The molecule has 2 aromatic rings. The summed E-state index contributed by atoms with van der Waals surface area (Å²) >= 11 is 0. The summed E-state index contributed by atoms with van der Waals surface area (Å²) in [5.74, 6) is 1.72. The second-order valence-corrected chi connectivity index (χ2v) is 8.35. The molecule has 2 atom stereocenters. The Morgan fingerprint density at radius 2 is 2.03 bits per heavy atom. The Bertz CT molecular complexity index is 779. The zero-order valence-electron chi connectivity index (χ0n) is 17.8. The first-order valence-electron chi connectivity index (χ1n) is 10.6. The highest BCUT2D eigenvalue weighted by atomic mass is 16.5. The number of benzene rings is 1. The second-order valence-electron chi connectivity index (χ2n) is 8.35. The van der Waals surface area contributed by atoms with E-state index >= 15 is 0 Å². The molecule has 1 N–H and O–H groups in total. The van der Waals surface area contributed by atoms with Gasteiger partial charge in [-0.2, -0.15) is 0 Å². The van der Waals surface area contributed by atoms with Gasteiger partial charge in [-0.15, -0.1) is 0 Å². The van der Waals surface area contributed by atoms with E-state index in [-0.39, 0.29) is 11.9 Å². The van der Waals surface area contributed by atoms with Crippen LogP contribution in [-0.2, 0) is 11.3 Å². The lowest BCUT2D eigenvalue weighted by Gasteiger charge is -2.37. The van der Waals surface area contributed by atoms with Crippen LogP contribution in [0.5, 0.6) is 5.75 Å². The van der Waals surface area contributed by atoms with Crippen LogP contribution < -0.4 is 10.1 Å². The number of hydrogen-bond donors (Lipinski definition) is 1. The van der Waals surface area contributed by atoms with E-state index in [1.54, 1.807) is 7.11 Å². The van der Waals surface area contributed by atoms with Crippen molar-refractivity contribution < 1.29 is 9.53 Å². The van der Waals surface area contributed by atoms with Crippen molar-refractivity contribution in [3.8, 4) is 5.75 Å². The second kappa shape index (κ2) is 10.4. The number of carbonyl (C=O) groups is 1. The minimum atomic E-state index is -0.0529. The Kier molecular flexibility index (Phi) is 7.64. The zero-order chi connectivity index (χ0) is 20.6. The fourth-order valence-corrected chi connectivity index (χ4v) is 4.18. The van der Waals surface area contributed by atoms with Gasteiger partial charge in [0.2, 0.25) is 5.91 Å². The summed E-state index contributed by atoms with van der Waals surface area (Å²) in [6.45, 7) is 7.00. The standard InChI is InChI=1S/C24H33N3O2/c1-18(2)15-23(28)26-24(21-11-6-7-13-25-21)20-10-8-14-27(17-20)16-19-9-4-5-12-22(19)29-3/h4-7,9,11-13,18,20,24H,8,10,14-17H2,1-3H3,(H,26,28). The number of ether oxygens (including phenoxy) is 1. The van der Waals surface area contributed by atoms with Crippen LogP contribution in [0.25, 0.3) is 0 Å². The number of methoxy groups -OCH3 is 1. The topological polar surface area (TPSA) is 54.5 Å². The Labute approximate surface area is 174 Å². The molecule has 5 nitrogen and oxygen atoms in total. The number of pyridine rings is 1. The van der Waals surface area contributed by atoms with Crippen molar-refractivity contribution >= 4 is 5.91 Å². The molecule has 1 saturated heterocycles. The summed E-state index contributed by atoms with van der Waals surface area (Å²) in [5.41, 5.74) is 2.16. The smallest absolute Gasteiger partial charge is 0.220 e. The van der Waals surface area contributed by atoms with Crippen LogP contribution >= 0.6 is 0 Å². The van der Waals surface area contributed by atoms with Gasteiger partial charge in [0.15, 0.2) is 0 Å². The number of hydrogen-bond acceptors (Lipinski definition) is 4. The monoisotopic (exact) mass is 395 g/mol. The molecule has 156 valence electrons. The van der Waals surface area contributed by atoms with Crippen molar-refractivity contribution in [3.05, 3.63) is 59.9 Å². The molecule has 5 heteroatoms. The Hall–Kier alpha value is -2.40. The minimum Gasteiger partial charge on any atom is -0.496 e. The molecule has 1 fully saturated rings. The number of amides is 1. The lowest BCUT2D eigenvalue weighted by atomic mass is 9.88. The highest BCUT2D eigenvalue weighted by Gasteiger charge is 2.30. The maximum absolute atomic E-state index is 12.6.